The number of rotatable bonds is 6. The average Bonchev–Trinajstić information content (AvgIpc) is 3.12. The van der Waals surface area contributed by atoms with Crippen molar-refractivity contribution < 1.29 is 19.1 Å². The van der Waals surface area contributed by atoms with Gasteiger partial charge in [-0.25, -0.2) is 9.78 Å². The third-order valence-electron chi connectivity index (χ3n) is 4.93. The molecule has 0 aliphatic heterocycles. The Kier molecular flexibility index (Phi) is 5.81. The fourth-order valence-electron chi connectivity index (χ4n) is 3.47. The molecule has 3 aromatic carbocycles. The zero-order valence-electron chi connectivity index (χ0n) is 17.7. The molecule has 32 heavy (non-hydrogen) atoms. The van der Waals surface area contributed by atoms with Crippen molar-refractivity contribution in [2.24, 2.45) is 0 Å². The summed E-state index contributed by atoms with van der Waals surface area (Å²) < 4.78 is 7.23. The number of ether oxygens (including phenoxy) is 1. The fraction of sp³-hybridized carbons (Fsp3) is 0.120. The van der Waals surface area contributed by atoms with Crippen LogP contribution in [0.1, 0.15) is 33.5 Å². The van der Waals surface area contributed by atoms with Crippen LogP contribution in [0.25, 0.3) is 16.7 Å². The normalized spacial score (nSPS) is 10.7. The molecule has 0 saturated heterocycles. The van der Waals surface area contributed by atoms with Gasteiger partial charge in [0.25, 0.3) is 0 Å². The first-order valence-electron chi connectivity index (χ1n) is 10.0. The van der Waals surface area contributed by atoms with E-state index in [0.717, 1.165) is 17.0 Å². The van der Waals surface area contributed by atoms with Crippen molar-refractivity contribution in [3.8, 4) is 5.69 Å². The number of para-hydroxylation sites is 1. The molecule has 0 fully saturated rings. The highest BCUT2D eigenvalue weighted by Crippen LogP contribution is 2.22. The highest BCUT2D eigenvalue weighted by atomic mass is 16.5. The van der Waals surface area contributed by atoms with Gasteiger partial charge in [-0.1, -0.05) is 18.2 Å². The Morgan fingerprint density at radius 1 is 0.938 bits per heavy atom. The van der Waals surface area contributed by atoms with Crippen LogP contribution in [0.5, 0.6) is 0 Å². The van der Waals surface area contributed by atoms with Gasteiger partial charge in [-0.2, -0.15) is 0 Å². The van der Waals surface area contributed by atoms with Crippen molar-refractivity contribution in [1.29, 1.82) is 0 Å². The van der Waals surface area contributed by atoms with Gasteiger partial charge < -0.3 is 10.1 Å². The summed E-state index contributed by atoms with van der Waals surface area (Å²) in [6.45, 7) is 2.93. The summed E-state index contributed by atoms with van der Waals surface area (Å²) in [5.74, 6) is -0.326. The molecular formula is C25H21N3O4. The van der Waals surface area contributed by atoms with Crippen LogP contribution in [0, 0.1) is 6.92 Å². The van der Waals surface area contributed by atoms with Crippen LogP contribution in [0.3, 0.4) is 0 Å². The zero-order valence-corrected chi connectivity index (χ0v) is 17.7. The Morgan fingerprint density at radius 2 is 1.62 bits per heavy atom. The number of anilines is 1. The third kappa shape index (κ3) is 4.41. The smallest absolute Gasteiger partial charge is 0.338 e. The molecule has 0 unspecified atom stereocenters. The molecule has 0 aliphatic carbocycles. The summed E-state index contributed by atoms with van der Waals surface area (Å²) in [6, 6.07) is 21.4. The molecule has 4 rings (SSSR count). The lowest BCUT2D eigenvalue weighted by atomic mass is 10.1. The number of esters is 1. The van der Waals surface area contributed by atoms with Gasteiger partial charge in [-0.05, 0) is 61.5 Å². The summed E-state index contributed by atoms with van der Waals surface area (Å²) in [4.78, 5) is 40.5. The molecule has 160 valence electrons. The molecule has 1 heterocycles. The molecule has 7 nitrogen and oxygen atoms in total. The van der Waals surface area contributed by atoms with Crippen molar-refractivity contribution in [3.63, 3.8) is 0 Å². The largest absolute Gasteiger partial charge is 0.454 e. The van der Waals surface area contributed by atoms with E-state index in [-0.39, 0.29) is 18.3 Å². The van der Waals surface area contributed by atoms with Crippen molar-refractivity contribution in [2.75, 3.05) is 11.9 Å². The summed E-state index contributed by atoms with van der Waals surface area (Å²) in [5.41, 5.74) is 3.83. The van der Waals surface area contributed by atoms with Crippen LogP contribution in [-0.4, -0.2) is 33.8 Å². The number of amides is 1. The predicted molar refractivity (Wildman–Crippen MR) is 121 cm³/mol. The van der Waals surface area contributed by atoms with Crippen molar-refractivity contribution in [2.45, 2.75) is 13.8 Å². The van der Waals surface area contributed by atoms with Crippen molar-refractivity contribution in [1.82, 2.24) is 9.55 Å². The number of benzene rings is 3. The Bertz CT molecular complexity index is 1310. The van der Waals surface area contributed by atoms with E-state index in [1.54, 1.807) is 36.4 Å². The van der Waals surface area contributed by atoms with E-state index in [0.29, 0.717) is 22.3 Å². The first-order chi connectivity index (χ1) is 15.4. The van der Waals surface area contributed by atoms with Gasteiger partial charge in [-0.15, -0.1) is 0 Å². The molecule has 7 heteroatoms. The number of imidazole rings is 1. The molecule has 0 aliphatic rings. The average molecular weight is 427 g/mol. The van der Waals surface area contributed by atoms with E-state index >= 15 is 0 Å². The van der Waals surface area contributed by atoms with Gasteiger partial charge in [0.05, 0.1) is 16.6 Å². The van der Waals surface area contributed by atoms with Gasteiger partial charge >= 0.3 is 5.97 Å². The summed E-state index contributed by atoms with van der Waals surface area (Å²) in [5, 5.41) is 2.63. The number of aryl methyl sites for hydroxylation is 1. The van der Waals surface area contributed by atoms with Gasteiger partial charge in [-0.3, -0.25) is 14.2 Å². The minimum atomic E-state index is -0.595. The van der Waals surface area contributed by atoms with E-state index in [1.165, 1.54) is 6.92 Å². The Labute approximate surface area is 184 Å². The van der Waals surface area contributed by atoms with Crippen LogP contribution in [0.15, 0.2) is 72.8 Å². The molecule has 0 saturated carbocycles. The lowest BCUT2D eigenvalue weighted by Gasteiger charge is -2.07. The van der Waals surface area contributed by atoms with Crippen molar-refractivity contribution >= 4 is 34.4 Å². The third-order valence-corrected chi connectivity index (χ3v) is 4.93. The highest BCUT2D eigenvalue weighted by molar-refractivity contribution is 6.00. The lowest BCUT2D eigenvalue weighted by Crippen LogP contribution is -2.14. The Hall–Kier alpha value is -4.26. The maximum absolute atomic E-state index is 12.5. The molecule has 1 N–H and O–H groups in total. The van der Waals surface area contributed by atoms with Crippen LogP contribution in [0.4, 0.5) is 5.69 Å². The minimum Gasteiger partial charge on any atom is -0.454 e. The lowest BCUT2D eigenvalue weighted by molar-refractivity contribution is -0.114. The van der Waals surface area contributed by atoms with Crippen LogP contribution < -0.4 is 5.32 Å². The molecule has 0 spiro atoms. The first-order valence-corrected chi connectivity index (χ1v) is 10.0. The number of nitrogens with one attached hydrogen (secondary N) is 1. The predicted octanol–water partition coefficient (Wildman–Crippen LogP) is 4.33. The number of fused-ring (bicyclic) bond motifs is 1. The number of hydrogen-bond acceptors (Lipinski definition) is 5. The second-order valence-corrected chi connectivity index (χ2v) is 7.29. The molecule has 4 aromatic rings. The van der Waals surface area contributed by atoms with E-state index in [2.05, 4.69) is 10.3 Å². The number of nitrogens with zero attached hydrogens (tertiary/aromatic N) is 2. The van der Waals surface area contributed by atoms with Crippen LogP contribution >= 0.6 is 0 Å². The summed E-state index contributed by atoms with van der Waals surface area (Å²) in [7, 11) is 0. The molecule has 0 bridgehead atoms. The Morgan fingerprint density at radius 3 is 2.31 bits per heavy atom. The van der Waals surface area contributed by atoms with Gasteiger partial charge in [0.2, 0.25) is 5.91 Å². The molecule has 1 aromatic heterocycles. The minimum absolute atomic E-state index is 0.196. The van der Waals surface area contributed by atoms with Gasteiger partial charge in [0.15, 0.2) is 12.4 Å². The number of aromatic nitrogens is 2. The number of hydrogen-bond donors (Lipinski definition) is 1. The number of ketones is 1. The fourth-order valence-corrected chi connectivity index (χ4v) is 3.47. The SMILES string of the molecule is CC(=O)Nc1ccc(C(=O)COC(=O)c2ccc3c(c2)nc(C)n3-c2ccccc2)cc1. The number of carbonyl (C=O) groups is 3. The van der Waals surface area contributed by atoms with Crippen LogP contribution in [-0.2, 0) is 9.53 Å². The molecule has 1 amide bonds. The molecular weight excluding hydrogens is 406 g/mol. The maximum atomic E-state index is 12.5. The number of Topliss-reactive ketones (excluding diaryl/α,β-unsaturated/α-hetero) is 1. The topological polar surface area (TPSA) is 90.3 Å². The second-order valence-electron chi connectivity index (χ2n) is 7.29. The molecule has 0 radical (unpaired) electrons. The number of carbonyl (C=O) groups excluding carboxylic acids is 3. The second kappa shape index (κ2) is 8.85. The highest BCUT2D eigenvalue weighted by Gasteiger charge is 2.15. The molecule has 0 atom stereocenters. The van der Waals surface area contributed by atoms with E-state index in [1.807, 2.05) is 47.9 Å². The summed E-state index contributed by atoms with van der Waals surface area (Å²) in [6.07, 6.45) is 0. The maximum Gasteiger partial charge on any atom is 0.338 e. The zero-order chi connectivity index (χ0) is 22.7. The standard InChI is InChI=1S/C25H21N3O4/c1-16-26-22-14-19(10-13-23(22)28(16)21-6-4-3-5-7-21)25(31)32-15-24(30)18-8-11-20(12-9-18)27-17(2)29/h3-14H,15H2,1-2H3,(H,27,29). The van der Waals surface area contributed by atoms with Crippen molar-refractivity contribution in [3.05, 3.63) is 89.7 Å². The van der Waals surface area contributed by atoms with E-state index < -0.39 is 5.97 Å². The van der Waals surface area contributed by atoms with E-state index in [4.69, 9.17) is 4.74 Å². The van der Waals surface area contributed by atoms with Gasteiger partial charge in [0, 0.05) is 23.9 Å². The van der Waals surface area contributed by atoms with Crippen LogP contribution in [0.2, 0.25) is 0 Å². The monoisotopic (exact) mass is 427 g/mol. The quantitative estimate of drug-likeness (QED) is 0.365. The first kappa shape index (κ1) is 21.0. The van der Waals surface area contributed by atoms with E-state index in [9.17, 15) is 14.4 Å². The van der Waals surface area contributed by atoms with Gasteiger partial charge in [0.1, 0.15) is 5.82 Å². The Balaban J connectivity index is 1.46. The summed E-state index contributed by atoms with van der Waals surface area (Å²) >= 11 is 0.